The summed E-state index contributed by atoms with van der Waals surface area (Å²) in [6, 6.07) is 5.58. The quantitative estimate of drug-likeness (QED) is 0.781. The van der Waals surface area contributed by atoms with Gasteiger partial charge in [0, 0.05) is 17.3 Å². The highest BCUT2D eigenvalue weighted by molar-refractivity contribution is 5.51. The third kappa shape index (κ3) is 3.84. The standard InChI is InChI=1S/C14H22FN/c1-10(2)8-9-11(3)16-14-7-5-6-13(15)12(14)4/h5-7,10-11,16H,8-9H2,1-4H3. The van der Waals surface area contributed by atoms with Gasteiger partial charge in [0.1, 0.15) is 5.82 Å². The minimum atomic E-state index is -0.138. The molecule has 0 aliphatic carbocycles. The Morgan fingerprint density at radius 2 is 1.88 bits per heavy atom. The van der Waals surface area contributed by atoms with E-state index in [9.17, 15) is 4.39 Å². The van der Waals surface area contributed by atoms with E-state index in [0.29, 0.717) is 11.6 Å². The number of halogens is 1. The van der Waals surface area contributed by atoms with E-state index in [-0.39, 0.29) is 5.82 Å². The molecule has 1 aromatic rings. The van der Waals surface area contributed by atoms with Crippen LogP contribution >= 0.6 is 0 Å². The molecule has 0 spiro atoms. The molecule has 0 aromatic heterocycles. The van der Waals surface area contributed by atoms with Gasteiger partial charge < -0.3 is 5.32 Å². The first kappa shape index (κ1) is 13.0. The van der Waals surface area contributed by atoms with E-state index in [1.54, 1.807) is 6.07 Å². The highest BCUT2D eigenvalue weighted by Crippen LogP contribution is 2.19. The summed E-state index contributed by atoms with van der Waals surface area (Å²) in [7, 11) is 0. The predicted molar refractivity (Wildman–Crippen MR) is 68.3 cm³/mol. The molecule has 1 aromatic carbocycles. The summed E-state index contributed by atoms with van der Waals surface area (Å²) in [4.78, 5) is 0. The van der Waals surface area contributed by atoms with E-state index >= 15 is 0 Å². The number of anilines is 1. The maximum absolute atomic E-state index is 13.3. The molecule has 16 heavy (non-hydrogen) atoms. The molecule has 0 saturated carbocycles. The molecule has 2 heteroatoms. The van der Waals surface area contributed by atoms with E-state index in [4.69, 9.17) is 0 Å². The van der Waals surface area contributed by atoms with Gasteiger partial charge in [-0.15, -0.1) is 0 Å². The molecule has 1 rings (SSSR count). The predicted octanol–water partition coefficient (Wildman–Crippen LogP) is 4.37. The summed E-state index contributed by atoms with van der Waals surface area (Å²) in [6.45, 7) is 8.40. The normalized spacial score (nSPS) is 12.9. The first-order valence-corrected chi connectivity index (χ1v) is 6.02. The van der Waals surface area contributed by atoms with Crippen molar-refractivity contribution < 1.29 is 4.39 Å². The molecule has 90 valence electrons. The molecule has 0 heterocycles. The van der Waals surface area contributed by atoms with E-state index in [0.717, 1.165) is 18.0 Å². The van der Waals surface area contributed by atoms with Gasteiger partial charge in [-0.25, -0.2) is 4.39 Å². The van der Waals surface area contributed by atoms with Gasteiger partial charge in [0.05, 0.1) is 0 Å². The molecule has 0 amide bonds. The maximum Gasteiger partial charge on any atom is 0.128 e. The van der Waals surface area contributed by atoms with Crippen LogP contribution in [0.25, 0.3) is 0 Å². The molecule has 0 aliphatic heterocycles. The van der Waals surface area contributed by atoms with Crippen molar-refractivity contribution >= 4 is 5.69 Å². The summed E-state index contributed by atoms with van der Waals surface area (Å²) >= 11 is 0. The van der Waals surface area contributed by atoms with Crippen LogP contribution < -0.4 is 5.32 Å². The first-order chi connectivity index (χ1) is 7.50. The SMILES string of the molecule is Cc1c(F)cccc1NC(C)CCC(C)C. The van der Waals surface area contributed by atoms with E-state index in [2.05, 4.69) is 26.1 Å². The summed E-state index contributed by atoms with van der Waals surface area (Å²) in [5.41, 5.74) is 1.62. The second-order valence-electron chi connectivity index (χ2n) is 4.93. The van der Waals surface area contributed by atoms with Crippen molar-refractivity contribution in [2.45, 2.75) is 46.6 Å². The molecule has 1 nitrogen and oxygen atoms in total. The summed E-state index contributed by atoms with van der Waals surface area (Å²) < 4.78 is 13.3. The third-order valence-corrected chi connectivity index (χ3v) is 2.85. The first-order valence-electron chi connectivity index (χ1n) is 6.02. The Morgan fingerprint density at radius 1 is 1.19 bits per heavy atom. The Balaban J connectivity index is 2.56. The van der Waals surface area contributed by atoms with Gasteiger partial charge in [0.25, 0.3) is 0 Å². The second kappa shape index (κ2) is 5.88. The Hall–Kier alpha value is -1.05. The minimum Gasteiger partial charge on any atom is -0.382 e. The van der Waals surface area contributed by atoms with Crippen LogP contribution in [0, 0.1) is 18.7 Å². The lowest BCUT2D eigenvalue weighted by Crippen LogP contribution is -2.16. The van der Waals surface area contributed by atoms with Crippen LogP contribution in [0.5, 0.6) is 0 Å². The van der Waals surface area contributed by atoms with Crippen LogP contribution in [-0.4, -0.2) is 6.04 Å². The van der Waals surface area contributed by atoms with Crippen molar-refractivity contribution in [2.75, 3.05) is 5.32 Å². The fraction of sp³-hybridized carbons (Fsp3) is 0.571. The average molecular weight is 223 g/mol. The van der Waals surface area contributed by atoms with E-state index in [1.165, 1.54) is 12.5 Å². The second-order valence-corrected chi connectivity index (χ2v) is 4.93. The van der Waals surface area contributed by atoms with Crippen molar-refractivity contribution in [2.24, 2.45) is 5.92 Å². The topological polar surface area (TPSA) is 12.0 Å². The molecule has 1 N–H and O–H groups in total. The Bertz CT molecular complexity index is 334. The zero-order valence-corrected chi connectivity index (χ0v) is 10.7. The van der Waals surface area contributed by atoms with Crippen LogP contribution in [-0.2, 0) is 0 Å². The number of benzene rings is 1. The smallest absolute Gasteiger partial charge is 0.128 e. The summed E-state index contributed by atoms with van der Waals surface area (Å²) in [5.74, 6) is 0.582. The van der Waals surface area contributed by atoms with Crippen LogP contribution in [0.2, 0.25) is 0 Å². The van der Waals surface area contributed by atoms with Gasteiger partial charge in [-0.05, 0) is 44.7 Å². The molecule has 1 atom stereocenters. The molecule has 1 unspecified atom stereocenters. The van der Waals surface area contributed by atoms with Gasteiger partial charge >= 0.3 is 0 Å². The van der Waals surface area contributed by atoms with Gasteiger partial charge in [-0.2, -0.15) is 0 Å². The van der Waals surface area contributed by atoms with Gasteiger partial charge in [0.15, 0.2) is 0 Å². The van der Waals surface area contributed by atoms with Crippen molar-refractivity contribution in [3.8, 4) is 0 Å². The van der Waals surface area contributed by atoms with Crippen LogP contribution in [0.15, 0.2) is 18.2 Å². The Labute approximate surface area is 98.1 Å². The molecular formula is C14H22FN. The molecular weight excluding hydrogens is 201 g/mol. The van der Waals surface area contributed by atoms with Crippen LogP contribution in [0.1, 0.15) is 39.2 Å². The summed E-state index contributed by atoms with van der Waals surface area (Å²) in [5, 5.41) is 3.37. The maximum atomic E-state index is 13.3. The molecule has 0 aliphatic rings. The van der Waals surface area contributed by atoms with Gasteiger partial charge in [-0.3, -0.25) is 0 Å². The zero-order chi connectivity index (χ0) is 12.1. The zero-order valence-electron chi connectivity index (χ0n) is 10.7. The molecule has 0 saturated heterocycles. The lowest BCUT2D eigenvalue weighted by atomic mass is 10.0. The highest BCUT2D eigenvalue weighted by Gasteiger charge is 2.07. The number of hydrogen-bond donors (Lipinski definition) is 1. The Morgan fingerprint density at radius 3 is 2.50 bits per heavy atom. The fourth-order valence-electron chi connectivity index (χ4n) is 1.68. The average Bonchev–Trinajstić information content (AvgIpc) is 2.22. The largest absolute Gasteiger partial charge is 0.382 e. The number of hydrogen-bond acceptors (Lipinski definition) is 1. The molecule has 0 fully saturated rings. The lowest BCUT2D eigenvalue weighted by molar-refractivity contribution is 0.527. The Kier molecular flexibility index (Phi) is 4.78. The van der Waals surface area contributed by atoms with Crippen molar-refractivity contribution in [1.82, 2.24) is 0 Å². The minimum absolute atomic E-state index is 0.138. The monoisotopic (exact) mass is 223 g/mol. The lowest BCUT2D eigenvalue weighted by Gasteiger charge is -2.18. The van der Waals surface area contributed by atoms with Gasteiger partial charge in [0.2, 0.25) is 0 Å². The van der Waals surface area contributed by atoms with E-state index in [1.807, 2.05) is 13.0 Å². The van der Waals surface area contributed by atoms with E-state index < -0.39 is 0 Å². The fourth-order valence-corrected chi connectivity index (χ4v) is 1.68. The third-order valence-electron chi connectivity index (χ3n) is 2.85. The number of rotatable bonds is 5. The summed E-state index contributed by atoms with van der Waals surface area (Å²) in [6.07, 6.45) is 2.32. The van der Waals surface area contributed by atoms with Crippen molar-refractivity contribution in [3.63, 3.8) is 0 Å². The van der Waals surface area contributed by atoms with Gasteiger partial charge in [-0.1, -0.05) is 19.9 Å². The van der Waals surface area contributed by atoms with Crippen LogP contribution in [0.4, 0.5) is 10.1 Å². The van der Waals surface area contributed by atoms with Crippen molar-refractivity contribution in [1.29, 1.82) is 0 Å². The van der Waals surface area contributed by atoms with Crippen LogP contribution in [0.3, 0.4) is 0 Å². The molecule has 0 bridgehead atoms. The van der Waals surface area contributed by atoms with Crippen molar-refractivity contribution in [3.05, 3.63) is 29.6 Å². The highest BCUT2D eigenvalue weighted by atomic mass is 19.1. The molecule has 0 radical (unpaired) electrons. The number of nitrogens with one attached hydrogen (secondary N) is 1.